The molecular formula is C23H24N2O7. The molecule has 0 spiro atoms. The number of nitrogens with two attached hydrogens (primary N) is 1. The smallest absolute Gasteiger partial charge is 0.255 e. The van der Waals surface area contributed by atoms with E-state index in [0.29, 0.717) is 23.4 Å². The second kappa shape index (κ2) is 7.30. The van der Waals surface area contributed by atoms with Crippen LogP contribution in [0.4, 0.5) is 0 Å². The maximum atomic E-state index is 13.4. The van der Waals surface area contributed by atoms with Crippen molar-refractivity contribution in [2.24, 2.45) is 22.6 Å². The van der Waals surface area contributed by atoms with E-state index in [1.165, 1.54) is 6.07 Å². The SMILES string of the molecule is CC/N=C(\C)c1ccc(O)c2c1C[C@H]1C[C@H]3CC(O)=C(C(N)=O)C(=O)[C@@]3(O)C(O)=C1C2=O. The van der Waals surface area contributed by atoms with Crippen LogP contribution in [0.3, 0.4) is 0 Å². The highest BCUT2D eigenvalue weighted by Gasteiger charge is 2.59. The fourth-order valence-corrected chi connectivity index (χ4v) is 5.28. The summed E-state index contributed by atoms with van der Waals surface area (Å²) in [4.78, 5) is 42.4. The van der Waals surface area contributed by atoms with E-state index in [0.717, 1.165) is 0 Å². The standard InChI is InChI=1S/C23H24N2O7/c1-3-25-9(2)12-4-5-14(26)17-13(12)7-10-6-11-8-15(27)18(22(24)31)21(30)23(11,32)20(29)16(10)19(17)28/h4-5,10-11,26-27,29,32H,3,6-8H2,1-2H3,(H2,24,31)/b25-9+/t10-,11+,23+/m1/s1. The molecule has 0 radical (unpaired) electrons. The number of phenolic OH excluding ortho intramolecular Hbond substituents is 1. The van der Waals surface area contributed by atoms with Crippen LogP contribution in [0.25, 0.3) is 0 Å². The molecule has 1 aromatic rings. The number of aromatic hydroxyl groups is 1. The average molecular weight is 440 g/mol. The van der Waals surface area contributed by atoms with Gasteiger partial charge in [-0.1, -0.05) is 0 Å². The third kappa shape index (κ3) is 2.81. The van der Waals surface area contributed by atoms with Crippen LogP contribution in [0.2, 0.25) is 0 Å². The Morgan fingerprint density at radius 1 is 1.22 bits per heavy atom. The molecule has 0 saturated carbocycles. The molecule has 168 valence electrons. The van der Waals surface area contributed by atoms with Crippen LogP contribution in [-0.2, 0) is 16.0 Å². The van der Waals surface area contributed by atoms with Gasteiger partial charge in [0.15, 0.2) is 11.4 Å². The average Bonchev–Trinajstić information content (AvgIpc) is 2.70. The van der Waals surface area contributed by atoms with E-state index in [1.54, 1.807) is 13.0 Å². The summed E-state index contributed by atoms with van der Waals surface area (Å²) in [7, 11) is 0. The molecule has 3 aliphatic carbocycles. The summed E-state index contributed by atoms with van der Waals surface area (Å²) in [5.74, 6) is -6.35. The molecule has 0 aliphatic heterocycles. The van der Waals surface area contributed by atoms with Crippen LogP contribution in [0.15, 0.2) is 39.8 Å². The van der Waals surface area contributed by atoms with Gasteiger partial charge >= 0.3 is 0 Å². The molecule has 0 aromatic heterocycles. The van der Waals surface area contributed by atoms with Crippen LogP contribution >= 0.6 is 0 Å². The van der Waals surface area contributed by atoms with Gasteiger partial charge in [0, 0.05) is 30.2 Å². The molecule has 6 N–H and O–H groups in total. The van der Waals surface area contributed by atoms with Crippen LogP contribution < -0.4 is 5.73 Å². The number of aliphatic hydroxyl groups is 3. The molecule has 9 heteroatoms. The zero-order valence-corrected chi connectivity index (χ0v) is 17.7. The highest BCUT2D eigenvalue weighted by Crippen LogP contribution is 2.51. The summed E-state index contributed by atoms with van der Waals surface area (Å²) >= 11 is 0. The quantitative estimate of drug-likeness (QED) is 0.349. The fraction of sp³-hybridized carbons (Fsp3) is 0.391. The number of allylic oxidation sites excluding steroid dienone is 2. The summed E-state index contributed by atoms with van der Waals surface area (Å²) in [6, 6.07) is 3.05. The molecule has 3 atom stereocenters. The first-order valence-corrected chi connectivity index (χ1v) is 10.4. The number of carbonyl (C=O) groups is 3. The first kappa shape index (κ1) is 21.8. The molecule has 1 amide bonds. The normalized spacial score (nSPS) is 27.8. The Kier molecular flexibility index (Phi) is 4.97. The molecule has 3 aliphatic rings. The Balaban J connectivity index is 1.91. The number of carbonyl (C=O) groups excluding carboxylic acids is 3. The number of Topliss-reactive ketones (excluding diaryl/α,β-unsaturated/α-hetero) is 2. The number of phenols is 1. The highest BCUT2D eigenvalue weighted by molar-refractivity contribution is 6.24. The van der Waals surface area contributed by atoms with E-state index in [4.69, 9.17) is 5.73 Å². The molecule has 0 saturated heterocycles. The van der Waals surface area contributed by atoms with Crippen molar-refractivity contribution in [2.45, 2.75) is 38.7 Å². The second-order valence-electron chi connectivity index (χ2n) is 8.46. The van der Waals surface area contributed by atoms with Crippen molar-refractivity contribution in [2.75, 3.05) is 6.54 Å². The monoisotopic (exact) mass is 440 g/mol. The van der Waals surface area contributed by atoms with Gasteiger partial charge in [-0.15, -0.1) is 0 Å². The van der Waals surface area contributed by atoms with Crippen molar-refractivity contribution in [3.05, 3.63) is 51.5 Å². The highest BCUT2D eigenvalue weighted by atomic mass is 16.3. The number of rotatable bonds is 3. The molecule has 0 fully saturated rings. The zero-order chi connectivity index (χ0) is 23.5. The van der Waals surface area contributed by atoms with E-state index < -0.39 is 52.0 Å². The van der Waals surface area contributed by atoms with Crippen LogP contribution in [0, 0.1) is 11.8 Å². The lowest BCUT2D eigenvalue weighted by Gasteiger charge is -2.45. The Bertz CT molecular complexity index is 1180. The van der Waals surface area contributed by atoms with Crippen molar-refractivity contribution in [1.82, 2.24) is 0 Å². The Labute approximate surface area is 183 Å². The minimum Gasteiger partial charge on any atom is -0.511 e. The Hall–Kier alpha value is -3.46. The number of aliphatic hydroxyl groups excluding tert-OH is 2. The topological polar surface area (TPSA) is 171 Å². The second-order valence-corrected chi connectivity index (χ2v) is 8.46. The van der Waals surface area contributed by atoms with Gasteiger partial charge in [0.25, 0.3) is 5.91 Å². The van der Waals surface area contributed by atoms with E-state index in [-0.39, 0.29) is 36.1 Å². The fourth-order valence-electron chi connectivity index (χ4n) is 5.28. The zero-order valence-electron chi connectivity index (χ0n) is 17.7. The number of amides is 1. The molecule has 0 unspecified atom stereocenters. The number of hydrogen-bond donors (Lipinski definition) is 5. The Morgan fingerprint density at radius 3 is 2.53 bits per heavy atom. The third-order valence-electron chi connectivity index (χ3n) is 6.73. The van der Waals surface area contributed by atoms with Crippen molar-refractivity contribution < 1.29 is 34.8 Å². The summed E-state index contributed by atoms with van der Waals surface area (Å²) in [6.45, 7) is 4.22. The first-order chi connectivity index (χ1) is 15.0. The predicted octanol–water partition coefficient (Wildman–Crippen LogP) is 1.41. The summed E-state index contributed by atoms with van der Waals surface area (Å²) in [5, 5.41) is 42.8. The van der Waals surface area contributed by atoms with Gasteiger partial charge < -0.3 is 26.2 Å². The van der Waals surface area contributed by atoms with Gasteiger partial charge in [0.2, 0.25) is 5.78 Å². The summed E-state index contributed by atoms with van der Waals surface area (Å²) in [5.41, 5.74) is 3.64. The predicted molar refractivity (Wildman–Crippen MR) is 114 cm³/mol. The van der Waals surface area contributed by atoms with Gasteiger partial charge in [-0.05, 0) is 55.9 Å². The maximum Gasteiger partial charge on any atom is 0.255 e. The lowest BCUT2D eigenvalue weighted by molar-refractivity contribution is -0.144. The minimum absolute atomic E-state index is 0.00947. The van der Waals surface area contributed by atoms with Gasteiger partial charge in [0.1, 0.15) is 22.8 Å². The maximum absolute atomic E-state index is 13.4. The largest absolute Gasteiger partial charge is 0.511 e. The van der Waals surface area contributed by atoms with Gasteiger partial charge in [-0.2, -0.15) is 0 Å². The Morgan fingerprint density at radius 2 is 1.91 bits per heavy atom. The number of aliphatic imine (C=N–C) groups is 1. The molecular weight excluding hydrogens is 416 g/mol. The van der Waals surface area contributed by atoms with Crippen LogP contribution in [0.1, 0.15) is 48.2 Å². The van der Waals surface area contributed by atoms with E-state index >= 15 is 0 Å². The van der Waals surface area contributed by atoms with Gasteiger partial charge in [0.05, 0.1) is 5.56 Å². The van der Waals surface area contributed by atoms with E-state index in [9.17, 15) is 34.8 Å². The number of benzene rings is 1. The molecule has 0 heterocycles. The molecule has 4 rings (SSSR count). The van der Waals surface area contributed by atoms with E-state index in [2.05, 4.69) is 4.99 Å². The molecule has 9 nitrogen and oxygen atoms in total. The lowest BCUT2D eigenvalue weighted by Crippen LogP contribution is -2.57. The summed E-state index contributed by atoms with van der Waals surface area (Å²) in [6.07, 6.45) is 0.106. The minimum atomic E-state index is -2.55. The van der Waals surface area contributed by atoms with Crippen molar-refractivity contribution in [3.8, 4) is 5.75 Å². The number of fused-ring (bicyclic) bond motifs is 3. The number of primary amides is 1. The molecule has 1 aromatic carbocycles. The van der Waals surface area contributed by atoms with Crippen LogP contribution in [-0.4, -0.2) is 55.8 Å². The van der Waals surface area contributed by atoms with Gasteiger partial charge in [-0.3, -0.25) is 19.4 Å². The first-order valence-electron chi connectivity index (χ1n) is 10.4. The van der Waals surface area contributed by atoms with Crippen molar-refractivity contribution in [3.63, 3.8) is 0 Å². The lowest BCUT2D eigenvalue weighted by atomic mass is 9.60. The number of hydrogen-bond acceptors (Lipinski definition) is 8. The van der Waals surface area contributed by atoms with Crippen LogP contribution in [0.5, 0.6) is 5.75 Å². The summed E-state index contributed by atoms with van der Waals surface area (Å²) < 4.78 is 0. The van der Waals surface area contributed by atoms with Gasteiger partial charge in [-0.25, -0.2) is 0 Å². The van der Waals surface area contributed by atoms with Crippen molar-refractivity contribution >= 4 is 23.2 Å². The number of ketones is 2. The van der Waals surface area contributed by atoms with Crippen molar-refractivity contribution in [1.29, 1.82) is 0 Å². The van der Waals surface area contributed by atoms with E-state index in [1.807, 2.05) is 6.92 Å². The molecule has 0 bridgehead atoms. The number of nitrogens with zero attached hydrogens (tertiary/aromatic N) is 1. The molecule has 32 heavy (non-hydrogen) atoms. The third-order valence-corrected chi connectivity index (χ3v) is 6.73.